The number of hydrogen-bond donors (Lipinski definition) is 1. The summed E-state index contributed by atoms with van der Waals surface area (Å²) in [7, 11) is 0. The van der Waals surface area contributed by atoms with Gasteiger partial charge in [0.05, 0.1) is 5.41 Å². The Balaban J connectivity index is 1.54. The minimum Gasteiger partial charge on any atom is -0.354 e. The van der Waals surface area contributed by atoms with E-state index in [1.165, 1.54) is 25.0 Å². The van der Waals surface area contributed by atoms with E-state index in [0.29, 0.717) is 6.54 Å². The van der Waals surface area contributed by atoms with Crippen LogP contribution in [0.25, 0.3) is 0 Å². The van der Waals surface area contributed by atoms with Crippen molar-refractivity contribution >= 4 is 5.91 Å². The highest BCUT2D eigenvalue weighted by Crippen LogP contribution is 2.48. The van der Waals surface area contributed by atoms with Gasteiger partial charge in [-0.1, -0.05) is 12.1 Å². The van der Waals surface area contributed by atoms with Crippen molar-refractivity contribution in [2.45, 2.75) is 31.1 Å². The first-order valence-corrected chi connectivity index (χ1v) is 7.47. The van der Waals surface area contributed by atoms with Gasteiger partial charge in [0.15, 0.2) is 0 Å². The number of hydrogen-bond acceptors (Lipinski definition) is 2. The third-order valence-electron chi connectivity index (χ3n) is 4.49. The van der Waals surface area contributed by atoms with Crippen LogP contribution in [0.3, 0.4) is 0 Å². The van der Waals surface area contributed by atoms with E-state index in [-0.39, 0.29) is 11.7 Å². The lowest BCUT2D eigenvalue weighted by molar-refractivity contribution is -0.123. The molecule has 0 aromatic heterocycles. The lowest BCUT2D eigenvalue weighted by Gasteiger charge is -2.18. The van der Waals surface area contributed by atoms with Gasteiger partial charge >= 0.3 is 0 Å². The fourth-order valence-corrected chi connectivity index (χ4v) is 3.04. The van der Waals surface area contributed by atoms with Crippen LogP contribution in [-0.4, -0.2) is 37.0 Å². The molecule has 108 valence electrons. The standard InChI is InChI=1S/C16H21FN2O/c17-14-5-3-13(4-6-14)16(7-8-16)15(20)18-9-12-19-10-1-2-11-19/h3-6H,1-2,7-12H2,(H,18,20). The van der Waals surface area contributed by atoms with Gasteiger partial charge in [0.1, 0.15) is 5.82 Å². The molecular weight excluding hydrogens is 255 g/mol. The number of amides is 1. The average molecular weight is 276 g/mol. The molecule has 2 aliphatic rings. The number of likely N-dealkylation sites (tertiary alicyclic amines) is 1. The molecule has 3 rings (SSSR count). The van der Waals surface area contributed by atoms with Gasteiger partial charge < -0.3 is 10.2 Å². The SMILES string of the molecule is O=C(NCCN1CCCC1)C1(c2ccc(F)cc2)CC1. The quantitative estimate of drug-likeness (QED) is 0.893. The molecule has 3 nitrogen and oxygen atoms in total. The molecule has 0 bridgehead atoms. The predicted octanol–water partition coefficient (Wildman–Crippen LogP) is 2.07. The van der Waals surface area contributed by atoms with Crippen LogP contribution in [-0.2, 0) is 10.2 Å². The molecule has 1 amide bonds. The van der Waals surface area contributed by atoms with Crippen molar-refractivity contribution in [1.29, 1.82) is 0 Å². The zero-order valence-corrected chi connectivity index (χ0v) is 11.7. The van der Waals surface area contributed by atoms with Crippen LogP contribution in [0.4, 0.5) is 4.39 Å². The molecule has 1 aliphatic carbocycles. The molecule has 2 fully saturated rings. The number of nitrogens with zero attached hydrogens (tertiary/aromatic N) is 1. The zero-order chi connectivity index (χ0) is 14.0. The Morgan fingerprint density at radius 3 is 2.45 bits per heavy atom. The number of rotatable bonds is 5. The van der Waals surface area contributed by atoms with Crippen LogP contribution in [0.5, 0.6) is 0 Å². The van der Waals surface area contributed by atoms with Crippen molar-refractivity contribution in [2.75, 3.05) is 26.2 Å². The van der Waals surface area contributed by atoms with Crippen molar-refractivity contribution < 1.29 is 9.18 Å². The van der Waals surface area contributed by atoms with Crippen LogP contribution in [0, 0.1) is 5.82 Å². The fourth-order valence-electron chi connectivity index (χ4n) is 3.04. The summed E-state index contributed by atoms with van der Waals surface area (Å²) < 4.78 is 13.0. The first-order chi connectivity index (χ1) is 9.71. The van der Waals surface area contributed by atoms with Crippen molar-refractivity contribution in [3.8, 4) is 0 Å². The molecule has 1 aliphatic heterocycles. The third-order valence-corrected chi connectivity index (χ3v) is 4.49. The Bertz CT molecular complexity index is 476. The van der Waals surface area contributed by atoms with E-state index in [1.807, 2.05) is 0 Å². The smallest absolute Gasteiger partial charge is 0.230 e. The summed E-state index contributed by atoms with van der Waals surface area (Å²) in [6.07, 6.45) is 4.28. The maximum Gasteiger partial charge on any atom is 0.230 e. The van der Waals surface area contributed by atoms with Crippen molar-refractivity contribution in [3.63, 3.8) is 0 Å². The van der Waals surface area contributed by atoms with Gasteiger partial charge in [-0.3, -0.25) is 4.79 Å². The molecule has 4 heteroatoms. The van der Waals surface area contributed by atoms with Gasteiger partial charge in [-0.15, -0.1) is 0 Å². The second kappa shape index (κ2) is 5.52. The summed E-state index contributed by atoms with van der Waals surface area (Å²) in [5.74, 6) is -0.151. The second-order valence-corrected chi connectivity index (χ2v) is 5.89. The predicted molar refractivity (Wildman–Crippen MR) is 76.0 cm³/mol. The van der Waals surface area contributed by atoms with E-state index in [1.54, 1.807) is 12.1 Å². The Morgan fingerprint density at radius 1 is 1.20 bits per heavy atom. The minimum atomic E-state index is -0.390. The summed E-state index contributed by atoms with van der Waals surface area (Å²) in [5, 5.41) is 3.05. The molecule has 1 aromatic rings. The van der Waals surface area contributed by atoms with Gasteiger partial charge in [0.25, 0.3) is 0 Å². The molecule has 1 N–H and O–H groups in total. The molecule has 1 aromatic carbocycles. The van der Waals surface area contributed by atoms with Crippen molar-refractivity contribution in [1.82, 2.24) is 10.2 Å². The number of carbonyl (C=O) groups is 1. The van der Waals surface area contributed by atoms with Gasteiger partial charge in [0.2, 0.25) is 5.91 Å². The largest absolute Gasteiger partial charge is 0.354 e. The number of halogens is 1. The van der Waals surface area contributed by atoms with Crippen molar-refractivity contribution in [2.24, 2.45) is 0 Å². The molecule has 20 heavy (non-hydrogen) atoms. The van der Waals surface area contributed by atoms with Crippen LogP contribution in [0.15, 0.2) is 24.3 Å². The molecule has 0 atom stereocenters. The first kappa shape index (κ1) is 13.6. The normalized spacial score (nSPS) is 20.9. The Labute approximate surface area is 119 Å². The molecule has 0 spiro atoms. The first-order valence-electron chi connectivity index (χ1n) is 7.47. The van der Waals surface area contributed by atoms with E-state index in [9.17, 15) is 9.18 Å². The molecule has 1 heterocycles. The van der Waals surface area contributed by atoms with Gasteiger partial charge in [-0.2, -0.15) is 0 Å². The Hall–Kier alpha value is -1.42. The summed E-state index contributed by atoms with van der Waals surface area (Å²) in [5.41, 5.74) is 0.552. The highest BCUT2D eigenvalue weighted by molar-refractivity contribution is 5.91. The van der Waals surface area contributed by atoms with Gasteiger partial charge in [0, 0.05) is 13.1 Å². The topological polar surface area (TPSA) is 32.3 Å². The number of carbonyl (C=O) groups excluding carboxylic acids is 1. The van der Waals surface area contributed by atoms with E-state index in [0.717, 1.165) is 38.0 Å². The number of nitrogens with one attached hydrogen (secondary N) is 1. The summed E-state index contributed by atoms with van der Waals surface area (Å²) in [6.45, 7) is 3.95. The van der Waals surface area contributed by atoms with Crippen LogP contribution >= 0.6 is 0 Å². The summed E-state index contributed by atoms with van der Waals surface area (Å²) in [4.78, 5) is 14.7. The Morgan fingerprint density at radius 2 is 1.85 bits per heavy atom. The van der Waals surface area contributed by atoms with E-state index >= 15 is 0 Å². The zero-order valence-electron chi connectivity index (χ0n) is 11.7. The molecule has 0 unspecified atom stereocenters. The average Bonchev–Trinajstić information content (AvgIpc) is 3.10. The lowest BCUT2D eigenvalue weighted by Crippen LogP contribution is -2.39. The van der Waals surface area contributed by atoms with E-state index in [4.69, 9.17) is 0 Å². The van der Waals surface area contributed by atoms with Gasteiger partial charge in [-0.25, -0.2) is 4.39 Å². The highest BCUT2D eigenvalue weighted by Gasteiger charge is 2.51. The summed E-state index contributed by atoms with van der Waals surface area (Å²) >= 11 is 0. The molecule has 1 saturated carbocycles. The van der Waals surface area contributed by atoms with Crippen molar-refractivity contribution in [3.05, 3.63) is 35.6 Å². The van der Waals surface area contributed by atoms with E-state index in [2.05, 4.69) is 10.2 Å². The number of benzene rings is 1. The minimum absolute atomic E-state index is 0.100. The monoisotopic (exact) mass is 276 g/mol. The lowest BCUT2D eigenvalue weighted by atomic mass is 9.95. The van der Waals surface area contributed by atoms with Crippen LogP contribution < -0.4 is 5.32 Å². The summed E-state index contributed by atoms with van der Waals surface area (Å²) in [6, 6.07) is 6.35. The molecular formula is C16H21FN2O. The highest BCUT2D eigenvalue weighted by atomic mass is 19.1. The van der Waals surface area contributed by atoms with Gasteiger partial charge in [-0.05, 0) is 56.5 Å². The maximum absolute atomic E-state index is 13.0. The van der Waals surface area contributed by atoms with Crippen LogP contribution in [0.2, 0.25) is 0 Å². The third kappa shape index (κ3) is 2.70. The van der Waals surface area contributed by atoms with E-state index < -0.39 is 5.41 Å². The van der Waals surface area contributed by atoms with Crippen LogP contribution in [0.1, 0.15) is 31.2 Å². The second-order valence-electron chi connectivity index (χ2n) is 5.89. The molecule has 0 radical (unpaired) electrons. The fraction of sp³-hybridized carbons (Fsp3) is 0.562. The maximum atomic E-state index is 13.0. The Kier molecular flexibility index (Phi) is 3.74. The molecule has 1 saturated heterocycles.